The third kappa shape index (κ3) is 4.98. The minimum Gasteiger partial charge on any atom is -0.508 e. The van der Waals surface area contributed by atoms with E-state index in [0.29, 0.717) is 60.1 Å². The summed E-state index contributed by atoms with van der Waals surface area (Å²) in [5.74, 6) is 1.85. The molecule has 6 fully saturated rings. The number of hydrogen-bond donors (Lipinski definition) is 2. The van der Waals surface area contributed by atoms with Crippen LogP contribution in [-0.2, 0) is 4.79 Å². The van der Waals surface area contributed by atoms with E-state index < -0.39 is 11.6 Å². The zero-order chi connectivity index (χ0) is 32.7. The summed E-state index contributed by atoms with van der Waals surface area (Å²) < 4.78 is 39.6. The maximum atomic E-state index is 16.9. The molecule has 2 N–H and O–H groups in total. The van der Waals surface area contributed by atoms with Crippen molar-refractivity contribution in [2.45, 2.75) is 63.1 Å². The van der Waals surface area contributed by atoms with Crippen LogP contribution in [0.1, 0.15) is 50.5 Å². The van der Waals surface area contributed by atoms with Crippen molar-refractivity contribution in [3.05, 3.63) is 53.6 Å². The Bertz CT molecular complexity index is 2030. The zero-order valence-electron chi connectivity index (χ0n) is 26.6. The summed E-state index contributed by atoms with van der Waals surface area (Å²) in [7, 11) is 0. The fourth-order valence-electron chi connectivity index (χ4n) is 8.77. The molecule has 246 valence electrons. The average molecular weight is 650 g/mol. The number of aromatic hydroxyl groups is 1. The molecular formula is C38H37F2N5O3. The smallest absolute Gasteiger partial charge is 0.319 e. The van der Waals surface area contributed by atoms with Gasteiger partial charge in [0.25, 0.3) is 0 Å². The number of rotatable bonds is 7. The highest BCUT2D eigenvalue weighted by Crippen LogP contribution is 2.49. The summed E-state index contributed by atoms with van der Waals surface area (Å²) in [6.07, 6.45) is 12.6. The molecule has 10 heteroatoms. The normalized spacial score (nSPS) is 25.9. The van der Waals surface area contributed by atoms with Crippen LogP contribution >= 0.6 is 0 Å². The van der Waals surface area contributed by atoms with E-state index in [0.717, 1.165) is 51.6 Å². The van der Waals surface area contributed by atoms with Gasteiger partial charge in [-0.1, -0.05) is 18.1 Å². The molecule has 4 aromatic rings. The Balaban J connectivity index is 1.12. The van der Waals surface area contributed by atoms with E-state index >= 15 is 8.78 Å². The number of fused-ring (bicyclic) bond motifs is 7. The van der Waals surface area contributed by atoms with Gasteiger partial charge < -0.3 is 20.1 Å². The van der Waals surface area contributed by atoms with Crippen molar-refractivity contribution in [2.75, 3.05) is 37.7 Å². The van der Waals surface area contributed by atoms with Crippen LogP contribution in [0.25, 0.3) is 32.8 Å². The van der Waals surface area contributed by atoms with Crippen molar-refractivity contribution < 1.29 is 23.4 Å². The van der Waals surface area contributed by atoms with Gasteiger partial charge in [-0.25, -0.2) is 8.78 Å². The van der Waals surface area contributed by atoms with Crippen molar-refractivity contribution in [1.82, 2.24) is 20.2 Å². The maximum absolute atomic E-state index is 16.9. The summed E-state index contributed by atoms with van der Waals surface area (Å²) in [6, 6.07) is 10.3. The number of terminal acetylenes is 1. The number of piperazine rings is 1. The Labute approximate surface area is 277 Å². The molecule has 0 spiro atoms. The van der Waals surface area contributed by atoms with Crippen LogP contribution in [0.4, 0.5) is 14.6 Å². The number of aromatic nitrogens is 2. The molecule has 4 bridgehead atoms. The Morgan fingerprint density at radius 2 is 1.88 bits per heavy atom. The van der Waals surface area contributed by atoms with Crippen LogP contribution in [0, 0.1) is 35.3 Å². The van der Waals surface area contributed by atoms with Gasteiger partial charge in [0.2, 0.25) is 0 Å². The van der Waals surface area contributed by atoms with Crippen LogP contribution in [0.2, 0.25) is 0 Å². The number of ether oxygens (including phenoxy) is 1. The topological polar surface area (TPSA) is 90.8 Å². The number of halogens is 2. The minimum atomic E-state index is -0.856. The second-order valence-electron chi connectivity index (χ2n) is 14.7. The molecule has 4 aliphatic heterocycles. The number of hydrogen-bond acceptors (Lipinski definition) is 8. The van der Waals surface area contributed by atoms with Gasteiger partial charge >= 0.3 is 6.01 Å². The predicted octanol–water partition coefficient (Wildman–Crippen LogP) is 5.57. The molecular weight excluding hydrogens is 612 g/mol. The Kier molecular flexibility index (Phi) is 6.89. The van der Waals surface area contributed by atoms with Gasteiger partial charge in [0.15, 0.2) is 5.82 Å². The van der Waals surface area contributed by atoms with E-state index in [9.17, 15) is 9.90 Å². The van der Waals surface area contributed by atoms with Crippen molar-refractivity contribution in [3.8, 4) is 35.2 Å². The first-order valence-electron chi connectivity index (χ1n) is 17.1. The molecule has 2 aliphatic carbocycles. The molecule has 8 nitrogen and oxygen atoms in total. The quantitative estimate of drug-likeness (QED) is 0.252. The number of ketones is 1. The minimum absolute atomic E-state index is 0.0383. The highest BCUT2D eigenvalue weighted by molar-refractivity contribution is 6.04. The first-order chi connectivity index (χ1) is 23.3. The lowest BCUT2D eigenvalue weighted by Crippen LogP contribution is -2.54. The fourth-order valence-corrected chi connectivity index (χ4v) is 8.77. The molecule has 6 aliphatic rings. The molecule has 5 heterocycles. The van der Waals surface area contributed by atoms with Gasteiger partial charge in [-0.15, -0.1) is 6.42 Å². The van der Waals surface area contributed by atoms with Crippen LogP contribution in [-0.4, -0.2) is 76.7 Å². The Hall–Kier alpha value is -4.33. The summed E-state index contributed by atoms with van der Waals surface area (Å²) in [5.41, 5.74) is 0.209. The van der Waals surface area contributed by atoms with E-state index in [1.165, 1.54) is 18.2 Å². The Morgan fingerprint density at radius 3 is 2.58 bits per heavy atom. The highest BCUT2D eigenvalue weighted by atomic mass is 19.1. The number of Topliss-reactive ketones (excluding diaryl/α,β-unsaturated/α-hetero) is 1. The standard InChI is InChI=1S/C38H37F2N5O3/c1-2-21-4-3-5-22-12-27(46)14-28(32(21)22)33-30(39)15-29-35(34(33)40)42-37(43-36(29)44-17-24-7-8-25(18-44)41-24)48-20-38(10-11-38)19-45-16-23-6-9-26(45)13-31(23)47/h1,3-5,12,14-15,23-26,41,46H,6-11,13,16-20H2. The van der Waals surface area contributed by atoms with Crippen molar-refractivity contribution in [2.24, 2.45) is 11.3 Å². The van der Waals surface area contributed by atoms with Gasteiger partial charge in [-0.2, -0.15) is 9.97 Å². The van der Waals surface area contributed by atoms with Crippen molar-refractivity contribution in [1.29, 1.82) is 0 Å². The number of benzene rings is 3. The molecule has 4 unspecified atom stereocenters. The number of nitrogens with zero attached hydrogens (tertiary/aromatic N) is 4. The first-order valence-corrected chi connectivity index (χ1v) is 17.1. The second kappa shape index (κ2) is 11.1. The summed E-state index contributed by atoms with van der Waals surface area (Å²) in [4.78, 5) is 26.3. The second-order valence-corrected chi connectivity index (χ2v) is 14.7. The molecule has 1 aromatic heterocycles. The average Bonchev–Trinajstić information content (AvgIpc) is 3.77. The van der Waals surface area contributed by atoms with Crippen LogP contribution in [0.3, 0.4) is 0 Å². The number of phenols is 1. The molecule has 4 saturated heterocycles. The maximum Gasteiger partial charge on any atom is 0.319 e. The van der Waals surface area contributed by atoms with Gasteiger partial charge in [0, 0.05) is 84.0 Å². The van der Waals surface area contributed by atoms with Gasteiger partial charge in [0.05, 0.1) is 12.2 Å². The highest BCUT2D eigenvalue weighted by Gasteiger charge is 2.49. The van der Waals surface area contributed by atoms with Crippen molar-refractivity contribution >= 4 is 33.3 Å². The molecule has 2 saturated carbocycles. The van der Waals surface area contributed by atoms with Crippen LogP contribution in [0.15, 0.2) is 36.4 Å². The van der Waals surface area contributed by atoms with E-state index in [4.69, 9.17) is 16.1 Å². The molecule has 3 aromatic carbocycles. The third-order valence-electron chi connectivity index (χ3n) is 11.5. The number of carbonyl (C=O) groups is 1. The molecule has 0 amide bonds. The Morgan fingerprint density at radius 1 is 1.06 bits per heavy atom. The van der Waals surface area contributed by atoms with Crippen LogP contribution in [0.5, 0.6) is 11.8 Å². The van der Waals surface area contributed by atoms with E-state index in [2.05, 4.69) is 26.0 Å². The number of carbonyl (C=O) groups excluding carboxylic acids is 1. The number of anilines is 1. The predicted molar refractivity (Wildman–Crippen MR) is 179 cm³/mol. The monoisotopic (exact) mass is 649 g/mol. The third-order valence-corrected chi connectivity index (χ3v) is 11.5. The summed E-state index contributed by atoms with van der Waals surface area (Å²) in [6.45, 7) is 3.38. The number of piperidine rings is 2. The van der Waals surface area contributed by atoms with E-state index in [1.807, 2.05) is 0 Å². The van der Waals surface area contributed by atoms with Gasteiger partial charge in [-0.3, -0.25) is 9.69 Å². The lowest BCUT2D eigenvalue weighted by Gasteiger charge is -2.45. The zero-order valence-corrected chi connectivity index (χ0v) is 26.6. The van der Waals surface area contributed by atoms with Gasteiger partial charge in [-0.05, 0) is 68.2 Å². The van der Waals surface area contributed by atoms with Crippen LogP contribution < -0.4 is 15.0 Å². The lowest BCUT2D eigenvalue weighted by molar-refractivity contribution is -0.133. The summed E-state index contributed by atoms with van der Waals surface area (Å²) >= 11 is 0. The molecule has 10 rings (SSSR count). The molecule has 0 radical (unpaired) electrons. The van der Waals surface area contributed by atoms with E-state index in [1.54, 1.807) is 18.2 Å². The van der Waals surface area contributed by atoms with Crippen molar-refractivity contribution in [3.63, 3.8) is 0 Å². The SMILES string of the molecule is C#Cc1cccc2cc(O)cc(-c3c(F)cc4c(N5CC6CCC(C5)N6)nc(OCC5(CN6CC7CCC6CC7=O)CC5)nc4c3F)c12. The lowest BCUT2D eigenvalue weighted by atomic mass is 9.78. The molecule has 48 heavy (non-hydrogen) atoms. The first kappa shape index (κ1) is 29.8. The number of nitrogens with one attached hydrogen (secondary N) is 1. The summed E-state index contributed by atoms with van der Waals surface area (Å²) in [5, 5.41) is 15.5. The van der Waals surface area contributed by atoms with Gasteiger partial charge in [0.1, 0.15) is 28.7 Å². The molecule has 4 atom stereocenters. The largest absolute Gasteiger partial charge is 0.508 e. The number of phenolic OH excluding ortho intramolecular Hbond substituents is 1. The fraction of sp³-hybridized carbons (Fsp3) is 0.447. The van der Waals surface area contributed by atoms with E-state index in [-0.39, 0.29) is 57.2 Å².